The number of halogens is 5. The summed E-state index contributed by atoms with van der Waals surface area (Å²) in [6.07, 6.45) is -8.81. The van der Waals surface area contributed by atoms with Crippen LogP contribution in [0.2, 0.25) is 0 Å². The Balaban J connectivity index is 2.14. The molecule has 6 nitrogen and oxygen atoms in total. The molecule has 1 aromatic heterocycles. The number of nitrogens with zero attached hydrogens (tertiary/aromatic N) is 2. The van der Waals surface area contributed by atoms with Crippen molar-refractivity contribution in [2.45, 2.75) is 58.0 Å². The zero-order chi connectivity index (χ0) is 26.8. The number of aromatic nitrogens is 2. The van der Waals surface area contributed by atoms with Crippen LogP contribution in [-0.4, -0.2) is 43.0 Å². The lowest BCUT2D eigenvalue weighted by atomic mass is 10.00. The van der Waals surface area contributed by atoms with Gasteiger partial charge in [-0.3, -0.25) is 4.79 Å². The summed E-state index contributed by atoms with van der Waals surface area (Å²) in [5, 5.41) is 28.8. The van der Waals surface area contributed by atoms with Crippen LogP contribution in [-0.2, 0) is 17.5 Å². The van der Waals surface area contributed by atoms with Crippen LogP contribution in [0.5, 0.6) is 0 Å². The maximum Gasteiger partial charge on any atom is 0.449 e. The molecule has 0 radical (unpaired) electrons. The van der Waals surface area contributed by atoms with Crippen LogP contribution >= 0.6 is 0 Å². The summed E-state index contributed by atoms with van der Waals surface area (Å²) in [4.78, 5) is 14.6. The Bertz CT molecular complexity index is 1220. The molecule has 0 bridgehead atoms. The van der Waals surface area contributed by atoms with E-state index in [-0.39, 0.29) is 46.5 Å². The molecule has 0 unspecified atom stereocenters. The quantitative estimate of drug-likeness (QED) is 0.347. The molecule has 11 heteroatoms. The highest BCUT2D eigenvalue weighted by atomic mass is 19.4. The number of carbonyl (C=O) groups is 1. The van der Waals surface area contributed by atoms with Crippen LogP contribution in [0.4, 0.5) is 22.0 Å². The fourth-order valence-corrected chi connectivity index (χ4v) is 4.07. The summed E-state index contributed by atoms with van der Waals surface area (Å²) in [5.74, 6) is -3.65. The third-order valence-corrected chi connectivity index (χ3v) is 5.69. The molecular formula is C25H25F5N2O4. The Morgan fingerprint density at radius 2 is 1.58 bits per heavy atom. The van der Waals surface area contributed by atoms with Crippen molar-refractivity contribution in [1.82, 2.24) is 9.55 Å². The normalized spacial score (nSPS) is 13.6. The highest BCUT2D eigenvalue weighted by molar-refractivity contribution is 5.80. The van der Waals surface area contributed by atoms with Crippen molar-refractivity contribution >= 4 is 5.97 Å². The topological polar surface area (TPSA) is 95.6 Å². The molecule has 2 aromatic carbocycles. The first kappa shape index (κ1) is 27.3. The average molecular weight is 512 g/mol. The zero-order valence-electron chi connectivity index (χ0n) is 19.5. The molecule has 0 saturated carbocycles. The van der Waals surface area contributed by atoms with Gasteiger partial charge < -0.3 is 19.9 Å². The van der Waals surface area contributed by atoms with E-state index in [0.717, 1.165) is 16.7 Å². The van der Waals surface area contributed by atoms with Gasteiger partial charge in [0.1, 0.15) is 11.6 Å². The summed E-state index contributed by atoms with van der Waals surface area (Å²) in [7, 11) is 0. The molecule has 0 fully saturated rings. The predicted molar refractivity (Wildman–Crippen MR) is 121 cm³/mol. The van der Waals surface area contributed by atoms with Crippen LogP contribution < -0.4 is 0 Å². The van der Waals surface area contributed by atoms with Crippen molar-refractivity contribution in [3.8, 4) is 22.5 Å². The fraction of sp³-hybridized carbons (Fsp3) is 0.360. The molecular weight excluding hydrogens is 487 g/mol. The standard InChI is InChI=1S/C25H25F5N2O4/c1-13-9-16(10-14(2)21(13)27)23-22(15-3-5-17(26)6-4-15)31-24(25(28,29)30)32(23)8-7-18(33)11-19(34)12-20(35)36/h3-6,9-10,18-19,33-34H,7-8,11-12H2,1-2H3,(H,35,36)/t18-,19-/m1/s1. The Labute approximate surface area is 203 Å². The molecule has 0 amide bonds. The van der Waals surface area contributed by atoms with Gasteiger partial charge in [0, 0.05) is 17.7 Å². The molecule has 0 aliphatic heterocycles. The molecule has 194 valence electrons. The van der Waals surface area contributed by atoms with Gasteiger partial charge in [-0.2, -0.15) is 13.2 Å². The lowest BCUT2D eigenvalue weighted by molar-refractivity contribution is -0.147. The smallest absolute Gasteiger partial charge is 0.449 e. The van der Waals surface area contributed by atoms with E-state index in [4.69, 9.17) is 5.11 Å². The number of aliphatic hydroxyl groups is 2. The molecule has 0 aliphatic rings. The van der Waals surface area contributed by atoms with Gasteiger partial charge in [-0.15, -0.1) is 0 Å². The van der Waals surface area contributed by atoms with Crippen LogP contribution in [0, 0.1) is 25.5 Å². The fourth-order valence-electron chi connectivity index (χ4n) is 4.07. The number of aliphatic hydroxyl groups excluding tert-OH is 2. The van der Waals surface area contributed by atoms with E-state index in [9.17, 15) is 37.0 Å². The number of benzene rings is 2. The number of alkyl halides is 3. The monoisotopic (exact) mass is 512 g/mol. The number of rotatable bonds is 9. The Kier molecular flexibility index (Phi) is 8.15. The molecule has 3 aromatic rings. The van der Waals surface area contributed by atoms with Gasteiger partial charge in [0.05, 0.1) is 30.0 Å². The van der Waals surface area contributed by atoms with E-state index in [1.165, 1.54) is 38.1 Å². The van der Waals surface area contributed by atoms with Crippen molar-refractivity contribution < 1.29 is 42.1 Å². The summed E-state index contributed by atoms with van der Waals surface area (Å²) >= 11 is 0. The molecule has 0 aliphatic carbocycles. The Morgan fingerprint density at radius 3 is 2.11 bits per heavy atom. The molecule has 0 spiro atoms. The lowest BCUT2D eigenvalue weighted by Gasteiger charge is -2.18. The molecule has 1 heterocycles. The Hall–Kier alpha value is -3.31. The highest BCUT2D eigenvalue weighted by Gasteiger charge is 2.39. The molecule has 3 rings (SSSR count). The van der Waals surface area contributed by atoms with Crippen LogP contribution in [0.25, 0.3) is 22.5 Å². The van der Waals surface area contributed by atoms with Gasteiger partial charge in [-0.05, 0) is 74.2 Å². The molecule has 2 atom stereocenters. The van der Waals surface area contributed by atoms with Gasteiger partial charge in [0.25, 0.3) is 0 Å². The van der Waals surface area contributed by atoms with Crippen LogP contribution in [0.3, 0.4) is 0 Å². The maximum absolute atomic E-state index is 14.3. The molecule has 0 saturated heterocycles. The van der Waals surface area contributed by atoms with Gasteiger partial charge in [0.15, 0.2) is 0 Å². The molecule has 3 N–H and O–H groups in total. The SMILES string of the molecule is Cc1cc(-c2c(-c3ccc(F)cc3)nc(C(F)(F)F)n2CC[C@@H](O)C[C@@H](O)CC(=O)O)cc(C)c1F. The second-order valence-electron chi connectivity index (χ2n) is 8.64. The third-order valence-electron chi connectivity index (χ3n) is 5.69. The van der Waals surface area contributed by atoms with E-state index in [2.05, 4.69) is 4.98 Å². The van der Waals surface area contributed by atoms with E-state index in [0.29, 0.717) is 0 Å². The van der Waals surface area contributed by atoms with E-state index in [1.807, 2.05) is 0 Å². The van der Waals surface area contributed by atoms with Crippen molar-refractivity contribution in [3.05, 3.63) is 65.0 Å². The summed E-state index contributed by atoms with van der Waals surface area (Å²) in [5.41, 5.74) is 0.745. The average Bonchev–Trinajstić information content (AvgIpc) is 3.15. The van der Waals surface area contributed by atoms with Crippen LogP contribution in [0.1, 0.15) is 36.2 Å². The first-order valence-electron chi connectivity index (χ1n) is 11.1. The van der Waals surface area contributed by atoms with E-state index < -0.39 is 54.8 Å². The van der Waals surface area contributed by atoms with Gasteiger partial charge in [-0.1, -0.05) is 0 Å². The minimum absolute atomic E-state index is 0.00147. The van der Waals surface area contributed by atoms with Gasteiger partial charge >= 0.3 is 12.1 Å². The first-order chi connectivity index (χ1) is 16.8. The Morgan fingerprint density at radius 1 is 1.00 bits per heavy atom. The number of hydrogen-bond acceptors (Lipinski definition) is 4. The van der Waals surface area contributed by atoms with Gasteiger partial charge in [-0.25, -0.2) is 13.8 Å². The minimum Gasteiger partial charge on any atom is -0.481 e. The minimum atomic E-state index is -4.90. The number of aliphatic carboxylic acids is 1. The number of hydrogen-bond donors (Lipinski definition) is 3. The van der Waals surface area contributed by atoms with Crippen molar-refractivity contribution in [3.63, 3.8) is 0 Å². The first-order valence-corrected chi connectivity index (χ1v) is 11.1. The number of carboxylic acid groups (broad SMARTS) is 1. The molecule has 36 heavy (non-hydrogen) atoms. The van der Waals surface area contributed by atoms with E-state index >= 15 is 0 Å². The summed E-state index contributed by atoms with van der Waals surface area (Å²) in [6, 6.07) is 7.50. The third kappa shape index (κ3) is 6.27. The number of aryl methyl sites for hydroxylation is 2. The van der Waals surface area contributed by atoms with Gasteiger partial charge in [0.2, 0.25) is 5.82 Å². The van der Waals surface area contributed by atoms with Crippen molar-refractivity contribution in [1.29, 1.82) is 0 Å². The second-order valence-corrected chi connectivity index (χ2v) is 8.64. The zero-order valence-corrected chi connectivity index (χ0v) is 19.5. The number of imidazole rings is 1. The predicted octanol–water partition coefficient (Wildman–Crippen LogP) is 5.11. The van der Waals surface area contributed by atoms with E-state index in [1.54, 1.807) is 0 Å². The van der Waals surface area contributed by atoms with Crippen molar-refractivity contribution in [2.24, 2.45) is 0 Å². The summed E-state index contributed by atoms with van der Waals surface area (Å²) < 4.78 is 70.9. The maximum atomic E-state index is 14.3. The lowest BCUT2D eigenvalue weighted by Crippen LogP contribution is -2.23. The number of carboxylic acids is 1. The summed E-state index contributed by atoms with van der Waals surface area (Å²) in [6.45, 7) is 2.56. The largest absolute Gasteiger partial charge is 0.481 e. The highest BCUT2D eigenvalue weighted by Crippen LogP contribution is 2.40. The van der Waals surface area contributed by atoms with Crippen LogP contribution in [0.15, 0.2) is 36.4 Å². The van der Waals surface area contributed by atoms with Crippen molar-refractivity contribution in [2.75, 3.05) is 0 Å². The second kappa shape index (κ2) is 10.8.